The van der Waals surface area contributed by atoms with Crippen LogP contribution in [0.3, 0.4) is 0 Å². The Hall–Kier alpha value is -1.50. The Morgan fingerprint density at radius 1 is 1.14 bits per heavy atom. The number of benzene rings is 1. The lowest BCUT2D eigenvalue weighted by Gasteiger charge is -2.22. The lowest BCUT2D eigenvalue weighted by molar-refractivity contribution is 0.464. The molecule has 0 aliphatic heterocycles. The summed E-state index contributed by atoms with van der Waals surface area (Å²) in [6.45, 7) is 6.13. The number of nitrogens with zero attached hydrogens (tertiary/aromatic N) is 2. The Labute approximate surface area is 133 Å². The van der Waals surface area contributed by atoms with Crippen molar-refractivity contribution in [3.8, 4) is 0 Å². The molecule has 0 spiro atoms. The molecule has 1 heterocycles. The second-order valence-corrected chi connectivity index (χ2v) is 7.00. The average Bonchev–Trinajstić information content (AvgIpc) is 2.41. The van der Waals surface area contributed by atoms with E-state index in [2.05, 4.69) is 20.8 Å². The maximum atomic E-state index is 6.12. The average molecular weight is 324 g/mol. The van der Waals surface area contributed by atoms with Gasteiger partial charge in [0.05, 0.1) is 0 Å². The van der Waals surface area contributed by atoms with Crippen molar-refractivity contribution < 1.29 is 0 Å². The van der Waals surface area contributed by atoms with Crippen molar-refractivity contribution >= 4 is 34.9 Å². The van der Waals surface area contributed by atoms with Gasteiger partial charge in [0.1, 0.15) is 17.0 Å². The molecule has 0 atom stereocenters. The van der Waals surface area contributed by atoms with Crippen LogP contribution in [0.15, 0.2) is 40.5 Å². The Morgan fingerprint density at radius 2 is 1.81 bits per heavy atom. The molecular formula is C14H18ClN5S. The molecule has 1 aromatic heterocycles. The van der Waals surface area contributed by atoms with Crippen molar-refractivity contribution in [3.05, 3.63) is 35.6 Å². The first-order chi connectivity index (χ1) is 9.85. The van der Waals surface area contributed by atoms with Gasteiger partial charge in [-0.15, -0.1) is 0 Å². The fraction of sp³-hybridized carbons (Fsp3) is 0.286. The van der Waals surface area contributed by atoms with Crippen molar-refractivity contribution in [2.75, 3.05) is 11.2 Å². The number of hydrogen-bond acceptors (Lipinski definition) is 6. The quantitative estimate of drug-likeness (QED) is 0.590. The van der Waals surface area contributed by atoms with Gasteiger partial charge in [-0.1, -0.05) is 23.4 Å². The van der Waals surface area contributed by atoms with Crippen LogP contribution >= 0.6 is 23.4 Å². The first-order valence-electron chi connectivity index (χ1n) is 6.42. The summed E-state index contributed by atoms with van der Waals surface area (Å²) in [7, 11) is 0. The molecule has 5 nitrogen and oxygen atoms in total. The van der Waals surface area contributed by atoms with Crippen LogP contribution in [0, 0.1) is 0 Å². The van der Waals surface area contributed by atoms with Crippen LogP contribution in [0.5, 0.6) is 0 Å². The van der Waals surface area contributed by atoms with Gasteiger partial charge in [-0.25, -0.2) is 15.4 Å². The maximum absolute atomic E-state index is 6.12. The molecule has 0 aliphatic carbocycles. The predicted octanol–water partition coefficient (Wildman–Crippen LogP) is 3.58. The van der Waals surface area contributed by atoms with Crippen LogP contribution in [0.25, 0.3) is 0 Å². The highest BCUT2D eigenvalue weighted by molar-refractivity contribution is 7.99. The molecule has 0 saturated carbocycles. The zero-order valence-electron chi connectivity index (χ0n) is 12.1. The van der Waals surface area contributed by atoms with Gasteiger partial charge in [-0.3, -0.25) is 0 Å². The van der Waals surface area contributed by atoms with E-state index in [4.69, 9.17) is 17.3 Å². The number of rotatable bonds is 4. The predicted molar refractivity (Wildman–Crippen MR) is 88.5 cm³/mol. The third-order valence-electron chi connectivity index (χ3n) is 2.43. The van der Waals surface area contributed by atoms with E-state index in [0.29, 0.717) is 21.6 Å². The van der Waals surface area contributed by atoms with Gasteiger partial charge in [-0.05, 0) is 45.0 Å². The summed E-state index contributed by atoms with van der Waals surface area (Å²) in [5.41, 5.74) is 12.7. The van der Waals surface area contributed by atoms with Gasteiger partial charge in [-0.2, -0.15) is 0 Å². The molecule has 4 N–H and O–H groups in total. The molecule has 0 fully saturated rings. The minimum absolute atomic E-state index is 0.0964. The number of nitrogens with one attached hydrogen (secondary N) is 2. The highest BCUT2D eigenvalue weighted by Gasteiger charge is 2.13. The van der Waals surface area contributed by atoms with E-state index < -0.39 is 0 Å². The van der Waals surface area contributed by atoms with E-state index in [0.717, 1.165) is 4.90 Å². The number of halogens is 1. The fourth-order valence-electron chi connectivity index (χ4n) is 1.42. The van der Waals surface area contributed by atoms with Gasteiger partial charge >= 0.3 is 0 Å². The molecule has 0 aliphatic rings. The van der Waals surface area contributed by atoms with Crippen LogP contribution in [-0.2, 0) is 0 Å². The maximum Gasteiger partial charge on any atom is 0.168 e. The highest BCUT2D eigenvalue weighted by Crippen LogP contribution is 2.33. The topological polar surface area (TPSA) is 75.9 Å². The van der Waals surface area contributed by atoms with Crippen LogP contribution in [-0.4, -0.2) is 15.5 Å². The number of anilines is 2. The summed E-state index contributed by atoms with van der Waals surface area (Å²) in [4.78, 5) is 9.39. The van der Waals surface area contributed by atoms with Crippen molar-refractivity contribution in [1.82, 2.24) is 15.4 Å². The number of hydrogen-bond donors (Lipinski definition) is 3. The van der Waals surface area contributed by atoms with Crippen molar-refractivity contribution in [2.45, 2.75) is 36.2 Å². The molecule has 0 saturated heterocycles. The van der Waals surface area contributed by atoms with E-state index in [1.807, 2.05) is 45.0 Å². The summed E-state index contributed by atoms with van der Waals surface area (Å²) >= 11 is 7.35. The summed E-state index contributed by atoms with van der Waals surface area (Å²) in [5.74, 6) is 0.566. The van der Waals surface area contributed by atoms with Gasteiger partial charge in [0, 0.05) is 15.5 Å². The van der Waals surface area contributed by atoms with Gasteiger partial charge in [0.25, 0.3) is 0 Å². The van der Waals surface area contributed by atoms with E-state index in [1.54, 1.807) is 0 Å². The molecular weight excluding hydrogens is 306 g/mol. The molecule has 1 aromatic carbocycles. The Morgan fingerprint density at radius 3 is 2.43 bits per heavy atom. The molecule has 0 radical (unpaired) electrons. The summed E-state index contributed by atoms with van der Waals surface area (Å²) in [6.07, 6.45) is 1.49. The van der Waals surface area contributed by atoms with E-state index in [1.165, 1.54) is 18.1 Å². The Bertz CT molecular complexity index is 610. The van der Waals surface area contributed by atoms with Crippen molar-refractivity contribution in [2.24, 2.45) is 0 Å². The third-order valence-corrected chi connectivity index (χ3v) is 3.71. The largest absolute Gasteiger partial charge is 0.393 e. The third kappa shape index (κ3) is 4.77. The normalized spacial score (nSPS) is 11.4. The SMILES string of the molecule is CC(C)(C)NNc1ncnc(Sc2ccc(Cl)cc2)c1N. The standard InChI is InChI=1S/C14H18ClN5S/c1-14(2,3)20-19-12-11(16)13(18-8-17-12)21-10-6-4-9(15)5-7-10/h4-8,20H,16H2,1-3H3,(H,17,18,19). The lowest BCUT2D eigenvalue weighted by Crippen LogP contribution is -2.40. The highest BCUT2D eigenvalue weighted by atomic mass is 35.5. The van der Waals surface area contributed by atoms with Gasteiger partial charge in [0.15, 0.2) is 5.82 Å². The smallest absolute Gasteiger partial charge is 0.168 e. The van der Waals surface area contributed by atoms with Gasteiger partial charge < -0.3 is 11.2 Å². The van der Waals surface area contributed by atoms with Crippen LogP contribution in [0.4, 0.5) is 11.5 Å². The molecule has 0 amide bonds. The summed E-state index contributed by atoms with van der Waals surface area (Å²) < 4.78 is 0. The minimum atomic E-state index is -0.0964. The second-order valence-electron chi connectivity index (χ2n) is 5.50. The number of aromatic nitrogens is 2. The first-order valence-corrected chi connectivity index (χ1v) is 7.62. The molecule has 112 valence electrons. The van der Waals surface area contributed by atoms with E-state index in [9.17, 15) is 0 Å². The summed E-state index contributed by atoms with van der Waals surface area (Å²) in [6, 6.07) is 7.52. The lowest BCUT2D eigenvalue weighted by atomic mass is 10.1. The molecule has 0 bridgehead atoms. The van der Waals surface area contributed by atoms with Crippen molar-refractivity contribution in [3.63, 3.8) is 0 Å². The van der Waals surface area contributed by atoms with E-state index >= 15 is 0 Å². The van der Waals surface area contributed by atoms with Crippen molar-refractivity contribution in [1.29, 1.82) is 0 Å². The zero-order valence-corrected chi connectivity index (χ0v) is 13.7. The fourth-order valence-corrected chi connectivity index (χ4v) is 2.35. The molecule has 2 aromatic rings. The second kappa shape index (κ2) is 6.51. The van der Waals surface area contributed by atoms with Crippen LogP contribution in [0.1, 0.15) is 20.8 Å². The monoisotopic (exact) mass is 323 g/mol. The molecule has 7 heteroatoms. The van der Waals surface area contributed by atoms with Crippen LogP contribution in [0.2, 0.25) is 5.02 Å². The Balaban J connectivity index is 2.15. The molecule has 0 unspecified atom stereocenters. The summed E-state index contributed by atoms with van der Waals surface area (Å²) in [5, 5.41) is 1.40. The molecule has 21 heavy (non-hydrogen) atoms. The Kier molecular flexibility index (Phi) is 4.92. The molecule has 2 rings (SSSR count). The van der Waals surface area contributed by atoms with E-state index in [-0.39, 0.29) is 5.54 Å². The number of hydrazine groups is 1. The zero-order chi connectivity index (χ0) is 15.5. The minimum Gasteiger partial charge on any atom is -0.393 e. The first kappa shape index (κ1) is 15.9. The number of nitrogens with two attached hydrogens (primary N) is 1. The number of nitrogen functional groups attached to an aromatic ring is 1. The van der Waals surface area contributed by atoms with Crippen LogP contribution < -0.4 is 16.6 Å². The van der Waals surface area contributed by atoms with Gasteiger partial charge in [0.2, 0.25) is 0 Å².